The van der Waals surface area contributed by atoms with Crippen LogP contribution in [0.15, 0.2) is 12.3 Å². The third kappa shape index (κ3) is 1.21. The fourth-order valence-corrected chi connectivity index (χ4v) is 4.72. The molecule has 3 aliphatic rings. The van der Waals surface area contributed by atoms with Gasteiger partial charge in [-0.1, -0.05) is 11.6 Å². The molecule has 0 aliphatic heterocycles. The van der Waals surface area contributed by atoms with Gasteiger partial charge >= 0.3 is 5.97 Å². The minimum atomic E-state index is -0.866. The second kappa shape index (κ2) is 3.08. The number of hydrogen-bond donors (Lipinski definition) is 1. The van der Waals surface area contributed by atoms with Crippen molar-refractivity contribution < 1.29 is 9.90 Å². The zero-order chi connectivity index (χ0) is 11.7. The van der Waals surface area contributed by atoms with Crippen molar-refractivity contribution in [2.24, 2.45) is 23.7 Å². The third-order valence-corrected chi connectivity index (χ3v) is 5.26. The SMILES string of the molecule is O=C(O)c1cc(Cl)cn1C1C2C3CCC(C3)C21. The molecule has 1 heterocycles. The zero-order valence-corrected chi connectivity index (χ0v) is 10.1. The fraction of sp³-hybridized carbons (Fsp3) is 0.615. The molecule has 1 N–H and O–H groups in total. The van der Waals surface area contributed by atoms with Gasteiger partial charge in [-0.05, 0) is 49.0 Å². The molecule has 0 spiro atoms. The number of carbonyl (C=O) groups is 1. The summed E-state index contributed by atoms with van der Waals surface area (Å²) in [6.45, 7) is 0. The third-order valence-electron chi connectivity index (χ3n) is 5.05. The predicted octanol–water partition coefficient (Wildman–Crippen LogP) is 3.06. The van der Waals surface area contributed by atoms with Crippen LogP contribution in [0.2, 0.25) is 5.02 Å². The molecular formula is C13H14ClNO2. The lowest BCUT2D eigenvalue weighted by molar-refractivity contribution is 0.0684. The maximum absolute atomic E-state index is 11.2. The Bertz CT molecular complexity index is 494. The maximum atomic E-state index is 11.2. The quantitative estimate of drug-likeness (QED) is 0.878. The van der Waals surface area contributed by atoms with Crippen molar-refractivity contribution >= 4 is 17.6 Å². The second-order valence-electron chi connectivity index (χ2n) is 5.73. The molecule has 4 unspecified atom stereocenters. The van der Waals surface area contributed by atoms with E-state index in [1.165, 1.54) is 19.3 Å². The molecule has 1 aromatic rings. The molecule has 0 aromatic carbocycles. The Morgan fingerprint density at radius 1 is 1.35 bits per heavy atom. The first-order valence-electron chi connectivity index (χ1n) is 6.27. The van der Waals surface area contributed by atoms with Crippen LogP contribution in [0.1, 0.15) is 35.8 Å². The topological polar surface area (TPSA) is 42.2 Å². The zero-order valence-electron chi connectivity index (χ0n) is 9.34. The summed E-state index contributed by atoms with van der Waals surface area (Å²) < 4.78 is 1.92. The lowest BCUT2D eigenvalue weighted by Gasteiger charge is -2.11. The Balaban J connectivity index is 1.71. The Kier molecular flexibility index (Phi) is 1.81. The highest BCUT2D eigenvalue weighted by Gasteiger charge is 2.66. The molecular weight excluding hydrogens is 238 g/mol. The van der Waals surface area contributed by atoms with Crippen LogP contribution in [0, 0.1) is 23.7 Å². The summed E-state index contributed by atoms with van der Waals surface area (Å²) in [5, 5.41) is 9.73. The van der Waals surface area contributed by atoms with E-state index < -0.39 is 5.97 Å². The summed E-state index contributed by atoms with van der Waals surface area (Å²) in [7, 11) is 0. The van der Waals surface area contributed by atoms with E-state index in [-0.39, 0.29) is 0 Å². The number of halogens is 1. The average molecular weight is 252 g/mol. The Morgan fingerprint density at radius 2 is 2.00 bits per heavy atom. The summed E-state index contributed by atoms with van der Waals surface area (Å²) in [6.07, 6.45) is 5.87. The first-order valence-corrected chi connectivity index (χ1v) is 6.65. The van der Waals surface area contributed by atoms with Gasteiger partial charge in [-0.3, -0.25) is 0 Å². The van der Waals surface area contributed by atoms with Crippen LogP contribution >= 0.6 is 11.6 Å². The largest absolute Gasteiger partial charge is 0.477 e. The molecule has 17 heavy (non-hydrogen) atoms. The van der Waals surface area contributed by atoms with E-state index in [1.54, 1.807) is 12.3 Å². The van der Waals surface area contributed by atoms with E-state index in [4.69, 9.17) is 11.6 Å². The minimum Gasteiger partial charge on any atom is -0.477 e. The molecule has 1 aromatic heterocycles. The lowest BCUT2D eigenvalue weighted by atomic mass is 10.0. The Hall–Kier alpha value is -0.960. The molecule has 4 atom stereocenters. The first-order chi connectivity index (χ1) is 8.16. The molecule has 4 heteroatoms. The van der Waals surface area contributed by atoms with Gasteiger partial charge in [-0.2, -0.15) is 0 Å². The number of carboxylic acid groups (broad SMARTS) is 1. The normalized spacial score (nSPS) is 41.6. The van der Waals surface area contributed by atoms with Crippen molar-refractivity contribution in [3.63, 3.8) is 0 Å². The Morgan fingerprint density at radius 3 is 2.59 bits per heavy atom. The van der Waals surface area contributed by atoms with Gasteiger partial charge in [0.15, 0.2) is 0 Å². The van der Waals surface area contributed by atoms with Crippen molar-refractivity contribution in [3.05, 3.63) is 23.0 Å². The van der Waals surface area contributed by atoms with Crippen molar-refractivity contribution in [1.82, 2.24) is 4.57 Å². The molecule has 0 radical (unpaired) electrons. The summed E-state index contributed by atoms with van der Waals surface area (Å²) in [5.41, 5.74) is 0.355. The average Bonchev–Trinajstić information content (AvgIpc) is 2.67. The van der Waals surface area contributed by atoms with Gasteiger partial charge in [0.2, 0.25) is 0 Å². The monoisotopic (exact) mass is 251 g/mol. The fourth-order valence-electron chi connectivity index (χ4n) is 4.51. The second-order valence-corrected chi connectivity index (χ2v) is 6.17. The molecule has 4 rings (SSSR count). The minimum absolute atomic E-state index is 0.355. The summed E-state index contributed by atoms with van der Waals surface area (Å²) in [4.78, 5) is 11.2. The standard InChI is InChI=1S/C13H14ClNO2/c14-8-4-9(13(16)17)15(5-8)12-10-6-1-2-7(3-6)11(10)12/h4-7,10-12H,1-3H2,(H,16,17). The van der Waals surface area contributed by atoms with Gasteiger partial charge in [0.25, 0.3) is 0 Å². The van der Waals surface area contributed by atoms with Crippen LogP contribution in [0.4, 0.5) is 0 Å². The van der Waals surface area contributed by atoms with Crippen molar-refractivity contribution in [1.29, 1.82) is 0 Å². The van der Waals surface area contributed by atoms with Crippen molar-refractivity contribution in [2.75, 3.05) is 0 Å². The number of rotatable bonds is 2. The molecule has 0 amide bonds. The van der Waals surface area contributed by atoms with Crippen LogP contribution in [0.3, 0.4) is 0 Å². The Labute approximate surface area is 104 Å². The molecule has 3 nitrogen and oxygen atoms in total. The highest BCUT2D eigenvalue weighted by molar-refractivity contribution is 6.30. The number of aromatic nitrogens is 1. The van der Waals surface area contributed by atoms with Crippen LogP contribution < -0.4 is 0 Å². The summed E-state index contributed by atoms with van der Waals surface area (Å²) in [5.74, 6) is 2.29. The van der Waals surface area contributed by atoms with E-state index in [9.17, 15) is 9.90 Å². The predicted molar refractivity (Wildman–Crippen MR) is 63.2 cm³/mol. The molecule has 90 valence electrons. The van der Waals surface area contributed by atoms with Gasteiger partial charge in [0.05, 0.1) is 5.02 Å². The first kappa shape index (κ1) is 10.0. The van der Waals surface area contributed by atoms with Crippen LogP contribution in [-0.2, 0) is 0 Å². The summed E-state index contributed by atoms with van der Waals surface area (Å²) >= 11 is 5.94. The van der Waals surface area contributed by atoms with E-state index in [0.29, 0.717) is 16.8 Å². The van der Waals surface area contributed by atoms with E-state index in [1.807, 2.05) is 4.57 Å². The maximum Gasteiger partial charge on any atom is 0.352 e. The van der Waals surface area contributed by atoms with Crippen LogP contribution in [0.25, 0.3) is 0 Å². The molecule has 2 bridgehead atoms. The number of fused-ring (bicyclic) bond motifs is 5. The number of hydrogen-bond acceptors (Lipinski definition) is 1. The van der Waals surface area contributed by atoms with E-state index >= 15 is 0 Å². The molecule has 3 aliphatic carbocycles. The smallest absolute Gasteiger partial charge is 0.352 e. The summed E-state index contributed by atoms with van der Waals surface area (Å²) in [6, 6.07) is 1.99. The van der Waals surface area contributed by atoms with Gasteiger partial charge in [0, 0.05) is 12.2 Å². The number of nitrogens with zero attached hydrogens (tertiary/aromatic N) is 1. The van der Waals surface area contributed by atoms with Gasteiger partial charge in [-0.25, -0.2) is 4.79 Å². The van der Waals surface area contributed by atoms with Crippen molar-refractivity contribution in [3.8, 4) is 0 Å². The molecule has 3 fully saturated rings. The molecule has 0 saturated heterocycles. The van der Waals surface area contributed by atoms with Crippen LogP contribution in [-0.4, -0.2) is 15.6 Å². The van der Waals surface area contributed by atoms with Gasteiger partial charge in [0.1, 0.15) is 5.69 Å². The van der Waals surface area contributed by atoms with E-state index in [2.05, 4.69) is 0 Å². The number of carboxylic acids is 1. The lowest BCUT2D eigenvalue weighted by Crippen LogP contribution is -2.10. The van der Waals surface area contributed by atoms with E-state index in [0.717, 1.165) is 23.7 Å². The van der Waals surface area contributed by atoms with Crippen molar-refractivity contribution in [2.45, 2.75) is 25.3 Å². The molecule has 3 saturated carbocycles. The highest BCUT2D eigenvalue weighted by Crippen LogP contribution is 2.71. The van der Waals surface area contributed by atoms with Crippen LogP contribution in [0.5, 0.6) is 0 Å². The van der Waals surface area contributed by atoms with Gasteiger partial charge < -0.3 is 9.67 Å². The van der Waals surface area contributed by atoms with Gasteiger partial charge in [-0.15, -0.1) is 0 Å². The number of aromatic carboxylic acids is 1. The highest BCUT2D eigenvalue weighted by atomic mass is 35.5.